The van der Waals surface area contributed by atoms with Crippen LogP contribution in [-0.2, 0) is 13.2 Å². The summed E-state index contributed by atoms with van der Waals surface area (Å²) in [6.07, 6.45) is 3.73. The van der Waals surface area contributed by atoms with Crippen LogP contribution >= 0.6 is 11.6 Å². The first-order valence-corrected chi connectivity index (χ1v) is 9.44. The van der Waals surface area contributed by atoms with Gasteiger partial charge in [0.05, 0.1) is 6.61 Å². The molecule has 0 unspecified atom stereocenters. The van der Waals surface area contributed by atoms with Crippen molar-refractivity contribution >= 4 is 11.6 Å². The summed E-state index contributed by atoms with van der Waals surface area (Å²) in [4.78, 5) is 0. The van der Waals surface area contributed by atoms with E-state index in [1.807, 2.05) is 37.3 Å². The fourth-order valence-electron chi connectivity index (χ4n) is 2.57. The third kappa shape index (κ3) is 6.97. The van der Waals surface area contributed by atoms with Crippen LogP contribution in [0.15, 0.2) is 42.5 Å². The molecule has 4 heteroatoms. The van der Waals surface area contributed by atoms with Gasteiger partial charge in [0.1, 0.15) is 6.61 Å². The summed E-state index contributed by atoms with van der Waals surface area (Å²) < 4.78 is 11.7. The van der Waals surface area contributed by atoms with Crippen LogP contribution in [0.2, 0.25) is 5.02 Å². The summed E-state index contributed by atoms with van der Waals surface area (Å²) in [6.45, 7) is 7.17. The molecule has 0 heterocycles. The van der Waals surface area contributed by atoms with Gasteiger partial charge in [0.15, 0.2) is 11.5 Å². The first kappa shape index (κ1) is 19.6. The van der Waals surface area contributed by atoms with Crippen molar-refractivity contribution in [3.63, 3.8) is 0 Å². The molecule has 0 atom stereocenters. The molecule has 2 aromatic carbocycles. The Kier molecular flexibility index (Phi) is 8.64. The van der Waals surface area contributed by atoms with Gasteiger partial charge < -0.3 is 14.8 Å². The van der Waals surface area contributed by atoms with Crippen molar-refractivity contribution in [2.75, 3.05) is 13.2 Å². The van der Waals surface area contributed by atoms with Gasteiger partial charge in [0.25, 0.3) is 0 Å². The number of unbranched alkanes of at least 4 members (excludes halogenated alkanes) is 2. The normalized spacial score (nSPS) is 10.7. The minimum Gasteiger partial charge on any atom is -0.490 e. The fraction of sp³-hybridized carbons (Fsp3) is 0.429. The molecule has 0 bridgehead atoms. The molecule has 0 aliphatic heterocycles. The van der Waals surface area contributed by atoms with E-state index in [4.69, 9.17) is 21.1 Å². The molecular weight excluding hydrogens is 334 g/mol. The van der Waals surface area contributed by atoms with Crippen molar-refractivity contribution in [1.82, 2.24) is 5.32 Å². The SMILES string of the molecule is CCCCCNCc1ccc(OCc2cccc(Cl)c2)c(OCC)c1. The summed E-state index contributed by atoms with van der Waals surface area (Å²) in [6, 6.07) is 13.8. The van der Waals surface area contributed by atoms with Crippen molar-refractivity contribution in [3.05, 3.63) is 58.6 Å². The molecule has 136 valence electrons. The third-order valence-corrected chi connectivity index (χ3v) is 4.11. The Morgan fingerprint density at radius 3 is 2.56 bits per heavy atom. The van der Waals surface area contributed by atoms with Crippen LogP contribution in [0, 0.1) is 0 Å². The maximum absolute atomic E-state index is 6.02. The number of rotatable bonds is 11. The topological polar surface area (TPSA) is 30.5 Å². The van der Waals surface area contributed by atoms with Gasteiger partial charge in [0.2, 0.25) is 0 Å². The summed E-state index contributed by atoms with van der Waals surface area (Å²) >= 11 is 6.02. The van der Waals surface area contributed by atoms with Gasteiger partial charge in [-0.25, -0.2) is 0 Å². The molecule has 0 fully saturated rings. The number of ether oxygens (including phenoxy) is 2. The minimum absolute atomic E-state index is 0.468. The molecule has 0 spiro atoms. The lowest BCUT2D eigenvalue weighted by Gasteiger charge is -2.14. The Bertz CT molecular complexity index is 646. The molecule has 0 aliphatic carbocycles. The van der Waals surface area contributed by atoms with Gasteiger partial charge >= 0.3 is 0 Å². The monoisotopic (exact) mass is 361 g/mol. The predicted molar refractivity (Wildman–Crippen MR) is 105 cm³/mol. The molecule has 25 heavy (non-hydrogen) atoms. The molecule has 0 amide bonds. The summed E-state index contributed by atoms with van der Waals surface area (Å²) in [5.74, 6) is 1.55. The van der Waals surface area contributed by atoms with E-state index in [2.05, 4.69) is 24.4 Å². The first-order chi connectivity index (χ1) is 12.2. The van der Waals surface area contributed by atoms with Crippen molar-refractivity contribution in [2.45, 2.75) is 46.3 Å². The van der Waals surface area contributed by atoms with Crippen LogP contribution in [0.1, 0.15) is 44.2 Å². The first-order valence-electron chi connectivity index (χ1n) is 9.06. The molecule has 0 aromatic heterocycles. The highest BCUT2D eigenvalue weighted by molar-refractivity contribution is 6.30. The number of halogens is 1. The second-order valence-electron chi connectivity index (χ2n) is 6.02. The van der Waals surface area contributed by atoms with Crippen LogP contribution in [-0.4, -0.2) is 13.2 Å². The Hall–Kier alpha value is -1.71. The summed E-state index contributed by atoms with van der Waals surface area (Å²) in [5, 5.41) is 4.20. The maximum atomic E-state index is 6.02. The number of hydrogen-bond donors (Lipinski definition) is 1. The average molecular weight is 362 g/mol. The van der Waals surface area contributed by atoms with Gasteiger partial charge in [0, 0.05) is 11.6 Å². The van der Waals surface area contributed by atoms with Gasteiger partial charge in [-0.1, -0.05) is 49.6 Å². The largest absolute Gasteiger partial charge is 0.490 e. The van der Waals surface area contributed by atoms with Gasteiger partial charge in [-0.15, -0.1) is 0 Å². The predicted octanol–water partition coefficient (Wildman–Crippen LogP) is 5.60. The average Bonchev–Trinajstić information content (AvgIpc) is 2.61. The van der Waals surface area contributed by atoms with E-state index in [9.17, 15) is 0 Å². The highest BCUT2D eigenvalue weighted by atomic mass is 35.5. The van der Waals surface area contributed by atoms with Gasteiger partial charge in [-0.05, 0) is 55.3 Å². The molecule has 0 radical (unpaired) electrons. The smallest absolute Gasteiger partial charge is 0.161 e. The lowest BCUT2D eigenvalue weighted by Crippen LogP contribution is -2.14. The number of benzene rings is 2. The van der Waals surface area contributed by atoms with E-state index >= 15 is 0 Å². The van der Waals surface area contributed by atoms with E-state index in [-0.39, 0.29) is 0 Å². The van der Waals surface area contributed by atoms with E-state index in [0.29, 0.717) is 13.2 Å². The van der Waals surface area contributed by atoms with E-state index in [0.717, 1.165) is 35.2 Å². The molecular formula is C21H28ClNO2. The van der Waals surface area contributed by atoms with Gasteiger partial charge in [-0.3, -0.25) is 0 Å². The molecule has 0 saturated heterocycles. The molecule has 1 N–H and O–H groups in total. The summed E-state index contributed by atoms with van der Waals surface area (Å²) in [5.41, 5.74) is 2.24. The van der Waals surface area contributed by atoms with Gasteiger partial charge in [-0.2, -0.15) is 0 Å². The Morgan fingerprint density at radius 1 is 0.920 bits per heavy atom. The second-order valence-corrected chi connectivity index (χ2v) is 6.45. The minimum atomic E-state index is 0.468. The van der Waals surface area contributed by atoms with Crippen molar-refractivity contribution < 1.29 is 9.47 Å². The van der Waals surface area contributed by atoms with Crippen LogP contribution in [0.3, 0.4) is 0 Å². The van der Waals surface area contributed by atoms with Crippen LogP contribution in [0.4, 0.5) is 0 Å². The van der Waals surface area contributed by atoms with Crippen molar-refractivity contribution in [1.29, 1.82) is 0 Å². The lowest BCUT2D eigenvalue weighted by molar-refractivity contribution is 0.269. The summed E-state index contributed by atoms with van der Waals surface area (Å²) in [7, 11) is 0. The van der Waals surface area contributed by atoms with Crippen molar-refractivity contribution in [3.8, 4) is 11.5 Å². The molecule has 3 nitrogen and oxygen atoms in total. The molecule has 0 aliphatic rings. The van der Waals surface area contributed by atoms with Crippen LogP contribution < -0.4 is 14.8 Å². The van der Waals surface area contributed by atoms with Crippen LogP contribution in [0.5, 0.6) is 11.5 Å². The fourth-order valence-corrected chi connectivity index (χ4v) is 2.78. The highest BCUT2D eigenvalue weighted by Gasteiger charge is 2.07. The highest BCUT2D eigenvalue weighted by Crippen LogP contribution is 2.29. The zero-order valence-corrected chi connectivity index (χ0v) is 15.9. The molecule has 0 saturated carbocycles. The number of hydrogen-bond acceptors (Lipinski definition) is 3. The number of nitrogens with one attached hydrogen (secondary N) is 1. The molecule has 2 aromatic rings. The Balaban J connectivity index is 1.95. The lowest BCUT2D eigenvalue weighted by atomic mass is 10.2. The van der Waals surface area contributed by atoms with E-state index < -0.39 is 0 Å². The Morgan fingerprint density at radius 2 is 1.80 bits per heavy atom. The maximum Gasteiger partial charge on any atom is 0.161 e. The van der Waals surface area contributed by atoms with E-state index in [1.165, 1.54) is 24.8 Å². The zero-order chi connectivity index (χ0) is 17.9. The van der Waals surface area contributed by atoms with Crippen LogP contribution in [0.25, 0.3) is 0 Å². The zero-order valence-electron chi connectivity index (χ0n) is 15.2. The Labute approximate surface area is 156 Å². The third-order valence-electron chi connectivity index (χ3n) is 3.88. The quantitative estimate of drug-likeness (QED) is 0.528. The molecule has 2 rings (SSSR count). The van der Waals surface area contributed by atoms with E-state index in [1.54, 1.807) is 0 Å². The van der Waals surface area contributed by atoms with Crippen molar-refractivity contribution in [2.24, 2.45) is 0 Å². The second kappa shape index (κ2) is 11.0. The standard InChI is InChI=1S/C21H28ClNO2/c1-3-5-6-12-23-15-17-10-11-20(21(14-17)24-4-2)25-16-18-8-7-9-19(22)13-18/h7-11,13-14,23H,3-6,12,15-16H2,1-2H3.